The van der Waals surface area contributed by atoms with Crippen LogP contribution < -0.4 is 0 Å². The van der Waals surface area contributed by atoms with Gasteiger partial charge in [-0.3, -0.25) is 0 Å². The maximum Gasteiger partial charge on any atom is 0.110 e. The maximum absolute atomic E-state index is 4.94. The first kappa shape index (κ1) is 17.0. The average Bonchev–Trinajstić information content (AvgIpc) is 3.32. The second kappa shape index (κ2) is 6.96. The molecule has 2 nitrogen and oxygen atoms in total. The van der Waals surface area contributed by atoms with Crippen LogP contribution in [0, 0.1) is 0 Å². The number of rotatable bonds is 6. The summed E-state index contributed by atoms with van der Waals surface area (Å²) in [7, 11) is 0. The van der Waals surface area contributed by atoms with Gasteiger partial charge in [0, 0.05) is 11.5 Å². The number of allylic oxidation sites excluding steroid dienone is 4. The Hall–Kier alpha value is -1.83. The standard InChI is InChI=1S/C22H30N2/c1-6-9-15(7-2)19-12-17(18(8-3)14(4)5)13-20-21(19)24-22(23-20)16-10-11-16/h9,12-13,16H,6-8,10-11H2,1-5H3,(H,23,24)/b15-9+. The molecular weight excluding hydrogens is 292 g/mol. The minimum absolute atomic E-state index is 0.656. The maximum atomic E-state index is 4.94. The van der Waals surface area contributed by atoms with Crippen LogP contribution in [0.2, 0.25) is 0 Å². The minimum atomic E-state index is 0.656. The summed E-state index contributed by atoms with van der Waals surface area (Å²) in [6.45, 7) is 11.1. The molecule has 1 N–H and O–H groups in total. The largest absolute Gasteiger partial charge is 0.341 e. The van der Waals surface area contributed by atoms with E-state index in [1.807, 2.05) is 0 Å². The minimum Gasteiger partial charge on any atom is -0.341 e. The predicted octanol–water partition coefficient (Wildman–Crippen LogP) is 6.85. The van der Waals surface area contributed by atoms with E-state index in [2.05, 4.69) is 57.8 Å². The number of aromatic amines is 1. The van der Waals surface area contributed by atoms with Crippen LogP contribution in [0.1, 0.15) is 89.6 Å². The third-order valence-electron chi connectivity index (χ3n) is 5.06. The van der Waals surface area contributed by atoms with Crippen LogP contribution in [0.3, 0.4) is 0 Å². The number of hydrogen-bond donors (Lipinski definition) is 1. The van der Waals surface area contributed by atoms with Crippen LogP contribution in [0.4, 0.5) is 0 Å². The Morgan fingerprint density at radius 3 is 2.46 bits per heavy atom. The Labute approximate surface area is 146 Å². The van der Waals surface area contributed by atoms with Gasteiger partial charge >= 0.3 is 0 Å². The molecule has 0 radical (unpaired) electrons. The van der Waals surface area contributed by atoms with Crippen molar-refractivity contribution in [1.29, 1.82) is 0 Å². The van der Waals surface area contributed by atoms with E-state index in [-0.39, 0.29) is 0 Å². The fourth-order valence-electron chi connectivity index (χ4n) is 3.65. The summed E-state index contributed by atoms with van der Waals surface area (Å²) < 4.78 is 0. The van der Waals surface area contributed by atoms with Gasteiger partial charge in [0.15, 0.2) is 0 Å². The monoisotopic (exact) mass is 322 g/mol. The highest BCUT2D eigenvalue weighted by Crippen LogP contribution is 2.40. The van der Waals surface area contributed by atoms with Gasteiger partial charge in [-0.05, 0) is 74.8 Å². The van der Waals surface area contributed by atoms with Crippen LogP contribution in [-0.2, 0) is 0 Å². The summed E-state index contributed by atoms with van der Waals surface area (Å²) in [5.41, 5.74) is 9.32. The number of nitrogens with one attached hydrogen (secondary N) is 1. The normalized spacial score (nSPS) is 15.1. The molecule has 0 amide bonds. The zero-order valence-electron chi connectivity index (χ0n) is 15.8. The lowest BCUT2D eigenvalue weighted by molar-refractivity contribution is 0.986. The van der Waals surface area contributed by atoms with Crippen LogP contribution in [0.15, 0.2) is 23.8 Å². The van der Waals surface area contributed by atoms with E-state index in [1.165, 1.54) is 52.0 Å². The van der Waals surface area contributed by atoms with Gasteiger partial charge in [-0.2, -0.15) is 0 Å². The lowest BCUT2D eigenvalue weighted by atomic mass is 9.93. The van der Waals surface area contributed by atoms with Gasteiger partial charge in [-0.1, -0.05) is 32.4 Å². The van der Waals surface area contributed by atoms with Crippen LogP contribution >= 0.6 is 0 Å². The fourth-order valence-corrected chi connectivity index (χ4v) is 3.65. The van der Waals surface area contributed by atoms with Crippen molar-refractivity contribution < 1.29 is 0 Å². The van der Waals surface area contributed by atoms with Crippen molar-refractivity contribution in [3.05, 3.63) is 40.7 Å². The average molecular weight is 322 g/mol. The zero-order valence-corrected chi connectivity index (χ0v) is 15.8. The molecule has 1 heterocycles. The number of hydrogen-bond acceptors (Lipinski definition) is 1. The molecule has 24 heavy (non-hydrogen) atoms. The molecule has 3 rings (SSSR count). The van der Waals surface area contributed by atoms with Gasteiger partial charge in [0.2, 0.25) is 0 Å². The molecule has 0 saturated heterocycles. The first-order chi connectivity index (χ1) is 11.6. The fraction of sp³-hybridized carbons (Fsp3) is 0.500. The molecule has 1 aliphatic carbocycles. The highest BCUT2D eigenvalue weighted by Gasteiger charge is 2.27. The topological polar surface area (TPSA) is 28.7 Å². The van der Waals surface area contributed by atoms with Gasteiger partial charge in [-0.25, -0.2) is 4.98 Å². The Morgan fingerprint density at radius 2 is 1.92 bits per heavy atom. The van der Waals surface area contributed by atoms with E-state index in [1.54, 1.807) is 0 Å². The summed E-state index contributed by atoms with van der Waals surface area (Å²) in [6, 6.07) is 4.67. The lowest BCUT2D eigenvalue weighted by Gasteiger charge is -2.13. The molecule has 0 atom stereocenters. The summed E-state index contributed by atoms with van der Waals surface area (Å²) in [5.74, 6) is 1.84. The van der Waals surface area contributed by atoms with Crippen LogP contribution in [0.5, 0.6) is 0 Å². The SMILES string of the molecule is CC/C=C(\CC)c1cc(C(CC)=C(C)C)cc2nc(C3CC3)[nH]c12. The number of benzene rings is 1. The molecule has 0 bridgehead atoms. The smallest absolute Gasteiger partial charge is 0.110 e. The third kappa shape index (κ3) is 3.19. The van der Waals surface area contributed by atoms with E-state index in [4.69, 9.17) is 4.98 Å². The number of aromatic nitrogens is 2. The van der Waals surface area contributed by atoms with Crippen molar-refractivity contribution in [2.75, 3.05) is 0 Å². The first-order valence-electron chi connectivity index (χ1n) is 9.48. The highest BCUT2D eigenvalue weighted by molar-refractivity contribution is 5.92. The number of H-pyrrole nitrogens is 1. The molecule has 1 saturated carbocycles. The first-order valence-corrected chi connectivity index (χ1v) is 9.48. The van der Waals surface area contributed by atoms with E-state index < -0.39 is 0 Å². The van der Waals surface area contributed by atoms with Crippen LogP contribution in [0.25, 0.3) is 22.2 Å². The Bertz CT molecular complexity index is 797. The van der Waals surface area contributed by atoms with Crippen molar-refractivity contribution in [1.82, 2.24) is 9.97 Å². The molecule has 2 aromatic rings. The second-order valence-electron chi connectivity index (χ2n) is 7.14. The number of nitrogens with zero attached hydrogens (tertiary/aromatic N) is 1. The molecule has 0 unspecified atom stereocenters. The van der Waals surface area contributed by atoms with Gasteiger partial charge in [0.05, 0.1) is 11.0 Å². The van der Waals surface area contributed by atoms with Crippen molar-refractivity contribution in [2.45, 2.75) is 72.6 Å². The van der Waals surface area contributed by atoms with Crippen molar-refractivity contribution in [2.24, 2.45) is 0 Å². The quantitative estimate of drug-likeness (QED) is 0.619. The Morgan fingerprint density at radius 1 is 1.17 bits per heavy atom. The van der Waals surface area contributed by atoms with Gasteiger partial charge in [-0.15, -0.1) is 0 Å². The molecule has 0 aliphatic heterocycles. The Balaban J connectivity index is 2.25. The van der Waals surface area contributed by atoms with E-state index in [9.17, 15) is 0 Å². The molecule has 1 aromatic carbocycles. The molecular formula is C22H30N2. The highest BCUT2D eigenvalue weighted by atomic mass is 14.9. The molecule has 0 spiro atoms. The van der Waals surface area contributed by atoms with Gasteiger partial charge in [0.1, 0.15) is 5.82 Å². The summed E-state index contributed by atoms with van der Waals surface area (Å²) in [4.78, 5) is 8.59. The van der Waals surface area contributed by atoms with Crippen LogP contribution in [-0.4, -0.2) is 9.97 Å². The van der Waals surface area contributed by atoms with Gasteiger partial charge < -0.3 is 4.98 Å². The number of fused-ring (bicyclic) bond motifs is 1. The zero-order chi connectivity index (χ0) is 17.3. The van der Waals surface area contributed by atoms with Gasteiger partial charge in [0.25, 0.3) is 0 Å². The summed E-state index contributed by atoms with van der Waals surface area (Å²) in [6.07, 6.45) is 8.11. The van der Waals surface area contributed by atoms with Crippen molar-refractivity contribution in [3.8, 4) is 0 Å². The molecule has 1 aromatic heterocycles. The lowest BCUT2D eigenvalue weighted by Crippen LogP contribution is -1.92. The van der Waals surface area contributed by atoms with E-state index in [0.717, 1.165) is 24.8 Å². The summed E-state index contributed by atoms with van der Waals surface area (Å²) in [5, 5.41) is 0. The summed E-state index contributed by atoms with van der Waals surface area (Å²) >= 11 is 0. The van der Waals surface area contributed by atoms with Crippen molar-refractivity contribution in [3.63, 3.8) is 0 Å². The number of imidazole rings is 1. The molecule has 2 heteroatoms. The predicted molar refractivity (Wildman–Crippen MR) is 105 cm³/mol. The molecule has 1 fully saturated rings. The molecule has 1 aliphatic rings. The third-order valence-corrected chi connectivity index (χ3v) is 5.06. The molecule has 128 valence electrons. The Kier molecular flexibility index (Phi) is 4.93. The van der Waals surface area contributed by atoms with Crippen molar-refractivity contribution >= 4 is 22.2 Å². The van der Waals surface area contributed by atoms with E-state index >= 15 is 0 Å². The second-order valence-corrected chi connectivity index (χ2v) is 7.14. The van der Waals surface area contributed by atoms with E-state index in [0.29, 0.717) is 5.92 Å².